The largest absolute Gasteiger partial charge is 0.496 e. The zero-order chi connectivity index (χ0) is 14.8. The Morgan fingerprint density at radius 2 is 2.15 bits per heavy atom. The number of rotatable bonds is 5. The molecule has 9 heteroatoms. The SMILES string of the molecule is COc1ccc(N)cc1-c1nnnn1CCS(C)(=O)=O. The van der Waals surface area contributed by atoms with Crippen LogP contribution < -0.4 is 10.5 Å². The molecule has 0 spiro atoms. The van der Waals surface area contributed by atoms with Crippen molar-refractivity contribution in [2.45, 2.75) is 6.54 Å². The molecular weight excluding hydrogens is 282 g/mol. The van der Waals surface area contributed by atoms with E-state index in [1.165, 1.54) is 11.8 Å². The lowest BCUT2D eigenvalue weighted by molar-refractivity contribution is 0.416. The number of aromatic nitrogens is 4. The van der Waals surface area contributed by atoms with Gasteiger partial charge in [0.05, 0.1) is 25.0 Å². The summed E-state index contributed by atoms with van der Waals surface area (Å²) in [6, 6.07) is 5.09. The van der Waals surface area contributed by atoms with Gasteiger partial charge in [0.1, 0.15) is 15.6 Å². The molecule has 1 aromatic heterocycles. The Labute approximate surface area is 116 Å². The molecule has 2 N–H and O–H groups in total. The maximum absolute atomic E-state index is 11.2. The molecule has 0 saturated carbocycles. The molecule has 1 heterocycles. The first-order chi connectivity index (χ1) is 9.40. The van der Waals surface area contributed by atoms with E-state index in [9.17, 15) is 8.42 Å². The molecule has 2 rings (SSSR count). The van der Waals surface area contributed by atoms with Crippen LogP contribution in [0.5, 0.6) is 5.75 Å². The molecule has 0 aliphatic heterocycles. The highest BCUT2D eigenvalue weighted by Crippen LogP contribution is 2.29. The third kappa shape index (κ3) is 3.23. The van der Waals surface area contributed by atoms with Crippen LogP contribution in [0.1, 0.15) is 0 Å². The van der Waals surface area contributed by atoms with Crippen molar-refractivity contribution < 1.29 is 13.2 Å². The van der Waals surface area contributed by atoms with Gasteiger partial charge in [0.2, 0.25) is 0 Å². The van der Waals surface area contributed by atoms with Crippen LogP contribution in [0.3, 0.4) is 0 Å². The minimum Gasteiger partial charge on any atom is -0.496 e. The highest BCUT2D eigenvalue weighted by molar-refractivity contribution is 7.90. The van der Waals surface area contributed by atoms with Gasteiger partial charge in [-0.25, -0.2) is 13.1 Å². The molecule has 0 aliphatic rings. The van der Waals surface area contributed by atoms with Crippen LogP contribution in [-0.4, -0.2) is 47.7 Å². The number of nitrogens with two attached hydrogens (primary N) is 1. The summed E-state index contributed by atoms with van der Waals surface area (Å²) in [4.78, 5) is 0. The van der Waals surface area contributed by atoms with Gasteiger partial charge in [-0.15, -0.1) is 5.10 Å². The van der Waals surface area contributed by atoms with Crippen LogP contribution in [0.15, 0.2) is 18.2 Å². The molecular formula is C11H15N5O3S. The number of nitrogens with zero attached hydrogens (tertiary/aromatic N) is 4. The number of methoxy groups -OCH3 is 1. The van der Waals surface area contributed by atoms with Gasteiger partial charge in [0.15, 0.2) is 5.82 Å². The van der Waals surface area contributed by atoms with Crippen molar-refractivity contribution in [3.8, 4) is 17.1 Å². The van der Waals surface area contributed by atoms with Crippen molar-refractivity contribution >= 4 is 15.5 Å². The monoisotopic (exact) mass is 297 g/mol. The Morgan fingerprint density at radius 3 is 2.80 bits per heavy atom. The van der Waals surface area contributed by atoms with Crippen LogP contribution in [-0.2, 0) is 16.4 Å². The molecule has 8 nitrogen and oxygen atoms in total. The van der Waals surface area contributed by atoms with Gasteiger partial charge < -0.3 is 10.5 Å². The number of nitrogen functional groups attached to an aromatic ring is 1. The number of hydrogen-bond acceptors (Lipinski definition) is 7. The van der Waals surface area contributed by atoms with E-state index < -0.39 is 9.84 Å². The van der Waals surface area contributed by atoms with Crippen LogP contribution in [0.2, 0.25) is 0 Å². The minimum atomic E-state index is -3.10. The number of ether oxygens (including phenoxy) is 1. The van der Waals surface area contributed by atoms with Gasteiger partial charge in [0, 0.05) is 11.9 Å². The predicted octanol–water partition coefficient (Wildman–Crippen LogP) is -0.0245. The number of anilines is 1. The summed E-state index contributed by atoms with van der Waals surface area (Å²) in [5, 5.41) is 11.3. The molecule has 0 aliphatic carbocycles. The van der Waals surface area contributed by atoms with E-state index >= 15 is 0 Å². The van der Waals surface area contributed by atoms with E-state index in [1.807, 2.05) is 0 Å². The van der Waals surface area contributed by atoms with Crippen molar-refractivity contribution in [2.75, 3.05) is 24.9 Å². The second-order valence-corrected chi connectivity index (χ2v) is 6.57. The van der Waals surface area contributed by atoms with Gasteiger partial charge >= 0.3 is 0 Å². The molecule has 2 aromatic rings. The lowest BCUT2D eigenvalue weighted by Crippen LogP contribution is -2.13. The van der Waals surface area contributed by atoms with Crippen molar-refractivity contribution in [3.63, 3.8) is 0 Å². The molecule has 108 valence electrons. The number of hydrogen-bond donors (Lipinski definition) is 1. The molecule has 0 saturated heterocycles. The number of tetrazole rings is 1. The molecule has 0 fully saturated rings. The zero-order valence-electron chi connectivity index (χ0n) is 11.1. The zero-order valence-corrected chi connectivity index (χ0v) is 12.0. The molecule has 0 atom stereocenters. The van der Waals surface area contributed by atoms with E-state index in [0.29, 0.717) is 22.8 Å². The molecule has 1 aromatic carbocycles. The minimum absolute atomic E-state index is 0.0460. The van der Waals surface area contributed by atoms with Crippen molar-refractivity contribution in [2.24, 2.45) is 0 Å². The van der Waals surface area contributed by atoms with E-state index in [2.05, 4.69) is 15.5 Å². The third-order valence-corrected chi connectivity index (χ3v) is 3.59. The maximum Gasteiger partial charge on any atom is 0.185 e. The van der Waals surface area contributed by atoms with Gasteiger partial charge in [-0.2, -0.15) is 0 Å². The van der Waals surface area contributed by atoms with Crippen LogP contribution in [0.25, 0.3) is 11.4 Å². The lowest BCUT2D eigenvalue weighted by Gasteiger charge is -2.09. The van der Waals surface area contributed by atoms with Gasteiger partial charge in [0.25, 0.3) is 0 Å². The van der Waals surface area contributed by atoms with Crippen molar-refractivity contribution in [1.82, 2.24) is 20.2 Å². The lowest BCUT2D eigenvalue weighted by atomic mass is 10.1. The normalized spacial score (nSPS) is 11.5. The maximum atomic E-state index is 11.2. The summed E-state index contributed by atoms with van der Waals surface area (Å²) in [5.41, 5.74) is 6.91. The van der Waals surface area contributed by atoms with Crippen LogP contribution in [0.4, 0.5) is 5.69 Å². The molecule has 0 unspecified atom stereocenters. The summed E-state index contributed by atoms with van der Waals surface area (Å²) in [7, 11) is -1.57. The summed E-state index contributed by atoms with van der Waals surface area (Å²) in [6.07, 6.45) is 1.16. The summed E-state index contributed by atoms with van der Waals surface area (Å²) >= 11 is 0. The van der Waals surface area contributed by atoms with Gasteiger partial charge in [-0.1, -0.05) is 0 Å². The smallest absolute Gasteiger partial charge is 0.185 e. The first kappa shape index (κ1) is 14.3. The average molecular weight is 297 g/mol. The second-order valence-electron chi connectivity index (χ2n) is 4.32. The number of benzene rings is 1. The molecule has 0 radical (unpaired) electrons. The Kier molecular flexibility index (Phi) is 3.89. The highest BCUT2D eigenvalue weighted by atomic mass is 32.2. The first-order valence-electron chi connectivity index (χ1n) is 5.78. The Hall–Kier alpha value is -2.16. The fourth-order valence-electron chi connectivity index (χ4n) is 1.70. The molecule has 0 bridgehead atoms. The van der Waals surface area contributed by atoms with E-state index in [4.69, 9.17) is 10.5 Å². The highest BCUT2D eigenvalue weighted by Gasteiger charge is 2.15. The number of aryl methyl sites for hydroxylation is 1. The quantitative estimate of drug-likeness (QED) is 0.771. The first-order valence-corrected chi connectivity index (χ1v) is 7.84. The van der Waals surface area contributed by atoms with E-state index in [-0.39, 0.29) is 12.3 Å². The van der Waals surface area contributed by atoms with Crippen LogP contribution >= 0.6 is 0 Å². The van der Waals surface area contributed by atoms with Gasteiger partial charge in [-0.05, 0) is 28.6 Å². The average Bonchev–Trinajstić information content (AvgIpc) is 2.83. The second kappa shape index (κ2) is 5.45. The van der Waals surface area contributed by atoms with E-state index in [1.54, 1.807) is 18.2 Å². The summed E-state index contributed by atoms with van der Waals surface area (Å²) in [6.45, 7) is 0.166. The Morgan fingerprint density at radius 1 is 1.40 bits per heavy atom. The Bertz CT molecular complexity index is 711. The standard InChI is InChI=1S/C11H15N5O3S/c1-19-10-4-3-8(12)7-9(10)11-13-14-15-16(11)5-6-20(2,17)18/h3-4,7H,5-6,12H2,1-2H3. The predicted molar refractivity (Wildman–Crippen MR) is 73.9 cm³/mol. The Balaban J connectivity index is 2.39. The van der Waals surface area contributed by atoms with Crippen molar-refractivity contribution in [1.29, 1.82) is 0 Å². The number of sulfone groups is 1. The fraction of sp³-hybridized carbons (Fsp3) is 0.364. The van der Waals surface area contributed by atoms with E-state index in [0.717, 1.165) is 6.26 Å². The van der Waals surface area contributed by atoms with Crippen LogP contribution in [0, 0.1) is 0 Å². The van der Waals surface area contributed by atoms with Crippen molar-refractivity contribution in [3.05, 3.63) is 18.2 Å². The third-order valence-electron chi connectivity index (χ3n) is 2.67. The summed E-state index contributed by atoms with van der Waals surface area (Å²) in [5.74, 6) is 0.933. The topological polar surface area (TPSA) is 113 Å². The summed E-state index contributed by atoms with van der Waals surface area (Å²) < 4.78 is 29.1. The van der Waals surface area contributed by atoms with Gasteiger partial charge in [-0.3, -0.25) is 0 Å². The fourth-order valence-corrected chi connectivity index (χ4v) is 2.21. The molecule has 0 amide bonds. The molecule has 20 heavy (non-hydrogen) atoms.